The number of sulfonamides is 1. The highest BCUT2D eigenvalue weighted by atomic mass is 32.2. The predicted octanol–water partition coefficient (Wildman–Crippen LogP) is 4.39. The van der Waals surface area contributed by atoms with Gasteiger partial charge in [0.05, 0.1) is 15.5 Å². The zero-order valence-electron chi connectivity index (χ0n) is 15.8. The first-order chi connectivity index (χ1) is 13.9. The Kier molecular flexibility index (Phi) is 6.63. The third-order valence-corrected chi connectivity index (χ3v) is 7.84. The molecule has 0 saturated carbocycles. The van der Waals surface area contributed by atoms with Crippen molar-refractivity contribution in [2.45, 2.75) is 25.3 Å². The molecule has 0 bridgehead atoms. The summed E-state index contributed by atoms with van der Waals surface area (Å²) in [5.41, 5.74) is 1.26. The number of hydrogen-bond acceptors (Lipinski definition) is 8. The standard InChI is InChI=1S/C18H19N3O5S3/c1-3-20(4-2)29(24,25)15-5-6-17(16(9-15)21(22)23)26-10-14-12-28-18(19-14)13-7-8-27-11-13/h5-9,11-12H,3-4,10H2,1-2H3. The predicted molar refractivity (Wildman–Crippen MR) is 113 cm³/mol. The molecule has 29 heavy (non-hydrogen) atoms. The van der Waals surface area contributed by atoms with Gasteiger partial charge in [0.25, 0.3) is 0 Å². The molecule has 2 aromatic heterocycles. The van der Waals surface area contributed by atoms with Crippen molar-refractivity contribution < 1.29 is 18.1 Å². The second-order valence-electron chi connectivity index (χ2n) is 5.92. The van der Waals surface area contributed by atoms with Gasteiger partial charge in [-0.1, -0.05) is 13.8 Å². The number of nitro groups is 1. The van der Waals surface area contributed by atoms with Gasteiger partial charge < -0.3 is 4.74 Å². The molecule has 0 saturated heterocycles. The molecule has 0 spiro atoms. The Bertz CT molecular complexity index is 1090. The van der Waals surface area contributed by atoms with Gasteiger partial charge >= 0.3 is 5.69 Å². The number of benzene rings is 1. The van der Waals surface area contributed by atoms with E-state index >= 15 is 0 Å². The van der Waals surface area contributed by atoms with E-state index in [1.54, 1.807) is 25.2 Å². The zero-order valence-corrected chi connectivity index (χ0v) is 18.2. The fourth-order valence-corrected chi connectivity index (χ4v) is 5.67. The number of nitro benzene ring substituents is 1. The van der Waals surface area contributed by atoms with Crippen LogP contribution < -0.4 is 4.74 Å². The van der Waals surface area contributed by atoms with Gasteiger partial charge in [-0.3, -0.25) is 10.1 Å². The van der Waals surface area contributed by atoms with E-state index in [2.05, 4.69) is 4.98 Å². The largest absolute Gasteiger partial charge is 0.480 e. The summed E-state index contributed by atoms with van der Waals surface area (Å²) < 4.78 is 32.1. The maximum atomic E-state index is 12.6. The van der Waals surface area contributed by atoms with E-state index in [9.17, 15) is 18.5 Å². The number of ether oxygens (including phenoxy) is 1. The number of rotatable bonds is 9. The van der Waals surface area contributed by atoms with Gasteiger partial charge in [0.15, 0.2) is 5.75 Å². The summed E-state index contributed by atoms with van der Waals surface area (Å²) in [6.07, 6.45) is 0. The quantitative estimate of drug-likeness (QED) is 0.352. The highest BCUT2D eigenvalue weighted by Crippen LogP contribution is 2.32. The summed E-state index contributed by atoms with van der Waals surface area (Å²) in [4.78, 5) is 15.2. The summed E-state index contributed by atoms with van der Waals surface area (Å²) in [5.74, 6) is -0.00131. The first-order valence-electron chi connectivity index (χ1n) is 8.75. The van der Waals surface area contributed by atoms with E-state index in [0.29, 0.717) is 5.69 Å². The molecule has 0 amide bonds. The van der Waals surface area contributed by atoms with Crippen LogP contribution in [-0.4, -0.2) is 35.7 Å². The van der Waals surface area contributed by atoms with Crippen molar-refractivity contribution in [3.63, 3.8) is 0 Å². The molecule has 2 heterocycles. The van der Waals surface area contributed by atoms with Gasteiger partial charge in [0, 0.05) is 35.5 Å². The van der Waals surface area contributed by atoms with E-state index < -0.39 is 20.6 Å². The Morgan fingerprint density at radius 2 is 1.97 bits per heavy atom. The number of thiazole rings is 1. The molecule has 0 aliphatic carbocycles. The highest BCUT2D eigenvalue weighted by molar-refractivity contribution is 7.89. The summed E-state index contributed by atoms with van der Waals surface area (Å²) in [6, 6.07) is 5.66. The third kappa shape index (κ3) is 4.64. The van der Waals surface area contributed by atoms with Crippen LogP contribution >= 0.6 is 22.7 Å². The molecule has 0 fully saturated rings. The molecule has 0 radical (unpaired) electrons. The second-order valence-corrected chi connectivity index (χ2v) is 9.50. The lowest BCUT2D eigenvalue weighted by Gasteiger charge is -2.18. The van der Waals surface area contributed by atoms with E-state index in [0.717, 1.165) is 16.6 Å². The number of aromatic nitrogens is 1. The van der Waals surface area contributed by atoms with Crippen molar-refractivity contribution >= 4 is 38.4 Å². The van der Waals surface area contributed by atoms with Crippen LogP contribution in [0.15, 0.2) is 45.3 Å². The molecule has 3 aromatic rings. The topological polar surface area (TPSA) is 103 Å². The molecule has 0 aliphatic heterocycles. The third-order valence-electron chi connectivity index (χ3n) is 4.17. The molecule has 1 aromatic carbocycles. The van der Waals surface area contributed by atoms with Crippen molar-refractivity contribution in [2.24, 2.45) is 0 Å². The minimum atomic E-state index is -3.80. The maximum Gasteiger partial charge on any atom is 0.312 e. The van der Waals surface area contributed by atoms with E-state index in [-0.39, 0.29) is 30.3 Å². The van der Waals surface area contributed by atoms with E-state index in [1.165, 1.54) is 27.8 Å². The lowest BCUT2D eigenvalue weighted by Crippen LogP contribution is -2.30. The summed E-state index contributed by atoms with van der Waals surface area (Å²) in [7, 11) is -3.80. The van der Waals surface area contributed by atoms with Gasteiger partial charge in [-0.2, -0.15) is 15.6 Å². The molecule has 154 valence electrons. The number of hydrogen-bond donors (Lipinski definition) is 0. The molecule has 0 unspecified atom stereocenters. The van der Waals surface area contributed by atoms with Gasteiger partial charge in [-0.05, 0) is 23.6 Å². The fourth-order valence-electron chi connectivity index (χ4n) is 2.68. The van der Waals surface area contributed by atoms with Gasteiger partial charge in [0.2, 0.25) is 10.0 Å². The van der Waals surface area contributed by atoms with Gasteiger partial charge in [0.1, 0.15) is 11.6 Å². The van der Waals surface area contributed by atoms with Crippen LogP contribution in [0.1, 0.15) is 19.5 Å². The number of nitrogens with zero attached hydrogens (tertiary/aromatic N) is 3. The fraction of sp³-hybridized carbons (Fsp3) is 0.278. The van der Waals surface area contributed by atoms with Crippen LogP contribution in [0, 0.1) is 10.1 Å². The van der Waals surface area contributed by atoms with Gasteiger partial charge in [-0.15, -0.1) is 11.3 Å². The molecule has 11 heteroatoms. The van der Waals surface area contributed by atoms with E-state index in [1.807, 2.05) is 22.2 Å². The summed E-state index contributed by atoms with van der Waals surface area (Å²) in [5, 5.41) is 18.1. The minimum Gasteiger partial charge on any atom is -0.480 e. The Labute approximate surface area is 176 Å². The zero-order chi connectivity index (χ0) is 21.0. The Hall–Kier alpha value is -2.34. The first-order valence-corrected chi connectivity index (χ1v) is 12.0. The maximum absolute atomic E-state index is 12.6. The molecular weight excluding hydrogens is 434 g/mol. The lowest BCUT2D eigenvalue weighted by atomic mass is 10.3. The lowest BCUT2D eigenvalue weighted by molar-refractivity contribution is -0.386. The highest BCUT2D eigenvalue weighted by Gasteiger charge is 2.26. The Morgan fingerprint density at radius 3 is 2.59 bits per heavy atom. The van der Waals surface area contributed by atoms with Crippen LogP contribution in [0.25, 0.3) is 10.6 Å². The van der Waals surface area contributed by atoms with Crippen molar-refractivity contribution in [3.05, 3.63) is 56.2 Å². The summed E-state index contributed by atoms with van der Waals surface area (Å²) in [6.45, 7) is 4.03. The van der Waals surface area contributed by atoms with Crippen LogP contribution in [0.3, 0.4) is 0 Å². The van der Waals surface area contributed by atoms with Crippen LogP contribution in [0.5, 0.6) is 5.75 Å². The van der Waals surface area contributed by atoms with Crippen molar-refractivity contribution in [2.75, 3.05) is 13.1 Å². The molecule has 3 rings (SSSR count). The first kappa shape index (κ1) is 21.4. The van der Waals surface area contributed by atoms with E-state index in [4.69, 9.17) is 4.74 Å². The number of thiophene rings is 1. The van der Waals surface area contributed by atoms with Crippen LogP contribution in [0.4, 0.5) is 5.69 Å². The molecule has 0 atom stereocenters. The average Bonchev–Trinajstić information content (AvgIpc) is 3.38. The van der Waals surface area contributed by atoms with Crippen LogP contribution in [0.2, 0.25) is 0 Å². The average molecular weight is 454 g/mol. The van der Waals surface area contributed by atoms with Crippen molar-refractivity contribution in [3.8, 4) is 16.3 Å². The monoisotopic (exact) mass is 453 g/mol. The molecule has 0 N–H and O–H groups in total. The second kappa shape index (κ2) is 8.99. The molecule has 8 nitrogen and oxygen atoms in total. The van der Waals surface area contributed by atoms with Crippen molar-refractivity contribution in [1.29, 1.82) is 0 Å². The Balaban J connectivity index is 1.82. The molecular formula is C18H19N3O5S3. The normalized spacial score (nSPS) is 11.7. The summed E-state index contributed by atoms with van der Waals surface area (Å²) >= 11 is 3.04. The SMILES string of the molecule is CCN(CC)S(=O)(=O)c1ccc(OCc2csc(-c3ccsc3)n2)c([N+](=O)[O-])c1. The van der Waals surface area contributed by atoms with Gasteiger partial charge in [-0.25, -0.2) is 13.4 Å². The smallest absolute Gasteiger partial charge is 0.312 e. The molecule has 0 aliphatic rings. The minimum absolute atomic E-state index is 0.00131. The van der Waals surface area contributed by atoms with Crippen LogP contribution in [-0.2, 0) is 16.6 Å². The van der Waals surface area contributed by atoms with Crippen molar-refractivity contribution in [1.82, 2.24) is 9.29 Å². The Morgan fingerprint density at radius 1 is 1.21 bits per heavy atom.